The summed E-state index contributed by atoms with van der Waals surface area (Å²) in [5, 5.41) is 1.11. The summed E-state index contributed by atoms with van der Waals surface area (Å²) in [6.07, 6.45) is 4.82. The molecule has 0 aliphatic carbocycles. The van der Waals surface area contributed by atoms with Crippen molar-refractivity contribution < 1.29 is 4.74 Å². The first-order chi connectivity index (χ1) is 7.20. The molecule has 0 aromatic rings. The molecule has 4 atom stereocenters. The minimum atomic E-state index is 0.484. The SMILES string of the molecule is CC1CCC(CN2CCC(C)C2CBr)O1. The Hall–Kier alpha value is 0.400. The van der Waals surface area contributed by atoms with E-state index in [4.69, 9.17) is 4.74 Å². The fourth-order valence-electron chi connectivity index (χ4n) is 2.85. The zero-order chi connectivity index (χ0) is 10.8. The number of alkyl halides is 1. The molecule has 2 heterocycles. The molecule has 2 rings (SSSR count). The smallest absolute Gasteiger partial charge is 0.0706 e. The van der Waals surface area contributed by atoms with Gasteiger partial charge in [0.25, 0.3) is 0 Å². The van der Waals surface area contributed by atoms with Gasteiger partial charge in [0.1, 0.15) is 0 Å². The highest BCUT2D eigenvalue weighted by Crippen LogP contribution is 2.28. The first-order valence-electron chi connectivity index (χ1n) is 6.16. The van der Waals surface area contributed by atoms with Crippen molar-refractivity contribution in [2.24, 2.45) is 5.92 Å². The summed E-state index contributed by atoms with van der Waals surface area (Å²) in [6.45, 7) is 6.95. The second kappa shape index (κ2) is 5.15. The van der Waals surface area contributed by atoms with Gasteiger partial charge in [0.15, 0.2) is 0 Å². The van der Waals surface area contributed by atoms with E-state index in [1.165, 1.54) is 25.8 Å². The molecule has 0 bridgehead atoms. The molecule has 0 radical (unpaired) electrons. The Kier molecular flexibility index (Phi) is 4.08. The van der Waals surface area contributed by atoms with Crippen LogP contribution in [0.25, 0.3) is 0 Å². The van der Waals surface area contributed by atoms with Crippen molar-refractivity contribution in [1.82, 2.24) is 4.90 Å². The van der Waals surface area contributed by atoms with Gasteiger partial charge in [0, 0.05) is 17.9 Å². The number of hydrogen-bond acceptors (Lipinski definition) is 2. The van der Waals surface area contributed by atoms with Crippen LogP contribution in [0.5, 0.6) is 0 Å². The summed E-state index contributed by atoms with van der Waals surface area (Å²) in [6, 6.07) is 0.726. The molecule has 2 fully saturated rings. The molecular weight excluding hydrogens is 254 g/mol. The van der Waals surface area contributed by atoms with Gasteiger partial charge in [-0.05, 0) is 38.6 Å². The third-order valence-electron chi connectivity index (χ3n) is 3.91. The van der Waals surface area contributed by atoms with Crippen LogP contribution in [0, 0.1) is 5.92 Å². The maximum absolute atomic E-state index is 5.89. The summed E-state index contributed by atoms with van der Waals surface area (Å²) in [5.41, 5.74) is 0. The van der Waals surface area contributed by atoms with E-state index < -0.39 is 0 Å². The molecule has 4 unspecified atom stereocenters. The van der Waals surface area contributed by atoms with Gasteiger partial charge in [-0.25, -0.2) is 0 Å². The summed E-state index contributed by atoms with van der Waals surface area (Å²) in [5.74, 6) is 0.836. The van der Waals surface area contributed by atoms with Crippen molar-refractivity contribution >= 4 is 15.9 Å². The van der Waals surface area contributed by atoms with E-state index in [-0.39, 0.29) is 0 Å². The molecular formula is C12H22BrNO. The van der Waals surface area contributed by atoms with Crippen molar-refractivity contribution in [1.29, 1.82) is 0 Å². The third kappa shape index (κ3) is 2.75. The maximum atomic E-state index is 5.89. The Labute approximate surface area is 101 Å². The van der Waals surface area contributed by atoms with Gasteiger partial charge in [0.2, 0.25) is 0 Å². The Morgan fingerprint density at radius 3 is 2.67 bits per heavy atom. The van der Waals surface area contributed by atoms with Crippen molar-refractivity contribution in [3.05, 3.63) is 0 Å². The molecule has 0 aromatic heterocycles. The Morgan fingerprint density at radius 1 is 1.27 bits per heavy atom. The van der Waals surface area contributed by atoms with Gasteiger partial charge < -0.3 is 4.74 Å². The minimum absolute atomic E-state index is 0.484. The fourth-order valence-corrected chi connectivity index (χ4v) is 3.89. The van der Waals surface area contributed by atoms with E-state index in [1.807, 2.05) is 0 Å². The lowest BCUT2D eigenvalue weighted by Crippen LogP contribution is -2.39. The highest BCUT2D eigenvalue weighted by atomic mass is 79.9. The quantitative estimate of drug-likeness (QED) is 0.735. The monoisotopic (exact) mass is 275 g/mol. The van der Waals surface area contributed by atoms with Crippen LogP contribution in [-0.2, 0) is 4.74 Å². The second-order valence-electron chi connectivity index (χ2n) is 5.13. The normalized spacial score (nSPS) is 42.6. The molecule has 2 aliphatic heterocycles. The lowest BCUT2D eigenvalue weighted by atomic mass is 10.1. The Bertz CT molecular complexity index is 212. The molecule has 2 saturated heterocycles. The summed E-state index contributed by atoms with van der Waals surface area (Å²) >= 11 is 3.64. The standard InChI is InChI=1S/C12H22BrNO/c1-9-5-6-14(12(9)7-13)8-11-4-3-10(2)15-11/h9-12H,3-8H2,1-2H3. The number of hydrogen-bond donors (Lipinski definition) is 0. The van der Waals surface area contributed by atoms with E-state index in [0.29, 0.717) is 12.2 Å². The van der Waals surface area contributed by atoms with E-state index in [1.54, 1.807) is 0 Å². The average molecular weight is 276 g/mol. The van der Waals surface area contributed by atoms with Crippen LogP contribution in [0.1, 0.15) is 33.1 Å². The molecule has 0 saturated carbocycles. The van der Waals surface area contributed by atoms with Crippen LogP contribution in [0.15, 0.2) is 0 Å². The van der Waals surface area contributed by atoms with Gasteiger partial charge in [-0.2, -0.15) is 0 Å². The van der Waals surface area contributed by atoms with E-state index >= 15 is 0 Å². The van der Waals surface area contributed by atoms with Gasteiger partial charge in [-0.3, -0.25) is 4.90 Å². The average Bonchev–Trinajstić information content (AvgIpc) is 2.75. The molecule has 2 aliphatic rings. The summed E-state index contributed by atoms with van der Waals surface area (Å²) in [4.78, 5) is 2.61. The van der Waals surface area contributed by atoms with Crippen LogP contribution in [0.4, 0.5) is 0 Å². The van der Waals surface area contributed by atoms with Crippen LogP contribution < -0.4 is 0 Å². The minimum Gasteiger partial charge on any atom is -0.374 e. The van der Waals surface area contributed by atoms with Gasteiger partial charge >= 0.3 is 0 Å². The molecule has 0 amide bonds. The number of nitrogens with zero attached hydrogens (tertiary/aromatic N) is 1. The lowest BCUT2D eigenvalue weighted by molar-refractivity contribution is 0.0291. The predicted molar refractivity (Wildman–Crippen MR) is 66.5 cm³/mol. The van der Waals surface area contributed by atoms with Crippen molar-refractivity contribution in [2.75, 3.05) is 18.4 Å². The number of halogens is 1. The summed E-state index contributed by atoms with van der Waals surface area (Å²) in [7, 11) is 0. The second-order valence-corrected chi connectivity index (χ2v) is 5.78. The highest BCUT2D eigenvalue weighted by Gasteiger charge is 2.33. The van der Waals surface area contributed by atoms with Crippen molar-refractivity contribution in [3.8, 4) is 0 Å². The summed E-state index contributed by atoms with van der Waals surface area (Å²) < 4.78 is 5.89. The molecule has 0 N–H and O–H groups in total. The number of likely N-dealkylation sites (tertiary alicyclic amines) is 1. The zero-order valence-electron chi connectivity index (χ0n) is 9.79. The molecule has 88 valence electrons. The van der Waals surface area contributed by atoms with E-state index in [9.17, 15) is 0 Å². The van der Waals surface area contributed by atoms with Gasteiger partial charge in [-0.1, -0.05) is 22.9 Å². The van der Waals surface area contributed by atoms with Gasteiger partial charge in [0.05, 0.1) is 12.2 Å². The molecule has 15 heavy (non-hydrogen) atoms. The van der Waals surface area contributed by atoms with Crippen LogP contribution in [-0.4, -0.2) is 41.6 Å². The number of ether oxygens (including phenoxy) is 1. The topological polar surface area (TPSA) is 12.5 Å². The Morgan fingerprint density at radius 2 is 2.07 bits per heavy atom. The molecule has 0 spiro atoms. The first kappa shape index (κ1) is 11.9. The third-order valence-corrected chi connectivity index (χ3v) is 4.58. The number of rotatable bonds is 3. The van der Waals surface area contributed by atoms with Crippen LogP contribution in [0.3, 0.4) is 0 Å². The highest BCUT2D eigenvalue weighted by molar-refractivity contribution is 9.09. The predicted octanol–water partition coefficient (Wildman–Crippen LogP) is 2.66. The molecule has 2 nitrogen and oxygen atoms in total. The molecule has 3 heteroatoms. The maximum Gasteiger partial charge on any atom is 0.0706 e. The van der Waals surface area contributed by atoms with Crippen LogP contribution in [0.2, 0.25) is 0 Å². The van der Waals surface area contributed by atoms with Crippen molar-refractivity contribution in [3.63, 3.8) is 0 Å². The van der Waals surface area contributed by atoms with E-state index in [2.05, 4.69) is 34.7 Å². The van der Waals surface area contributed by atoms with Gasteiger partial charge in [-0.15, -0.1) is 0 Å². The largest absolute Gasteiger partial charge is 0.374 e. The first-order valence-corrected chi connectivity index (χ1v) is 7.28. The Balaban J connectivity index is 1.83. The van der Waals surface area contributed by atoms with Crippen molar-refractivity contribution in [2.45, 2.75) is 51.4 Å². The molecule has 0 aromatic carbocycles. The van der Waals surface area contributed by atoms with Crippen LogP contribution >= 0.6 is 15.9 Å². The van der Waals surface area contributed by atoms with E-state index in [0.717, 1.165) is 23.8 Å². The fraction of sp³-hybridized carbons (Fsp3) is 1.00. The lowest BCUT2D eigenvalue weighted by Gasteiger charge is -2.27. The zero-order valence-corrected chi connectivity index (χ0v) is 11.4.